The van der Waals surface area contributed by atoms with Gasteiger partial charge in [-0.25, -0.2) is 0 Å². The number of aliphatic hydroxyl groups is 1. The van der Waals surface area contributed by atoms with Crippen LogP contribution in [0.5, 0.6) is 0 Å². The first-order valence-corrected chi connectivity index (χ1v) is 6.02. The summed E-state index contributed by atoms with van der Waals surface area (Å²) in [5, 5.41) is 10.7. The summed E-state index contributed by atoms with van der Waals surface area (Å²) in [5.74, 6) is 0.224. The summed E-state index contributed by atoms with van der Waals surface area (Å²) in [6, 6.07) is 10.3. The summed E-state index contributed by atoms with van der Waals surface area (Å²) in [6.07, 6.45) is 4.21. The Morgan fingerprint density at radius 1 is 1.31 bits per heavy atom. The molecule has 0 aliphatic heterocycles. The van der Waals surface area contributed by atoms with E-state index >= 15 is 0 Å². The highest BCUT2D eigenvalue weighted by Gasteiger charge is 2.39. The molecule has 88 valence electrons. The van der Waals surface area contributed by atoms with Gasteiger partial charge in [-0.15, -0.1) is 0 Å². The Morgan fingerprint density at radius 2 is 2.06 bits per heavy atom. The number of hydrogen-bond donors (Lipinski definition) is 1. The third-order valence-electron chi connectivity index (χ3n) is 3.60. The van der Waals surface area contributed by atoms with Gasteiger partial charge in [-0.05, 0) is 18.4 Å². The van der Waals surface area contributed by atoms with E-state index in [2.05, 4.69) is 12.1 Å². The van der Waals surface area contributed by atoms with Gasteiger partial charge in [0.15, 0.2) is 0 Å². The maximum Gasteiger partial charge on any atom is 0.0948 e. The van der Waals surface area contributed by atoms with Crippen LogP contribution >= 0.6 is 0 Å². The fourth-order valence-electron chi connectivity index (χ4n) is 2.81. The zero-order valence-corrected chi connectivity index (χ0v) is 9.86. The molecular formula is C14H20O2. The predicted molar refractivity (Wildman–Crippen MR) is 64.5 cm³/mol. The van der Waals surface area contributed by atoms with Crippen LogP contribution in [0.4, 0.5) is 0 Å². The molecule has 1 aliphatic rings. The topological polar surface area (TPSA) is 29.5 Å². The number of methoxy groups -OCH3 is 1. The average Bonchev–Trinajstić information content (AvgIpc) is 2.31. The largest absolute Gasteiger partial charge is 0.387 e. The Balaban J connectivity index is 2.23. The lowest BCUT2D eigenvalue weighted by Gasteiger charge is -2.39. The summed E-state index contributed by atoms with van der Waals surface area (Å²) in [7, 11) is 1.66. The van der Waals surface area contributed by atoms with E-state index in [-0.39, 0.29) is 5.92 Å². The lowest BCUT2D eigenvalue weighted by atomic mass is 9.72. The van der Waals surface area contributed by atoms with Crippen LogP contribution in [0.2, 0.25) is 0 Å². The Kier molecular flexibility index (Phi) is 3.62. The molecule has 2 nitrogen and oxygen atoms in total. The predicted octanol–water partition coefficient (Wildman–Crippen LogP) is 2.72. The monoisotopic (exact) mass is 220 g/mol. The fourth-order valence-corrected chi connectivity index (χ4v) is 2.81. The van der Waals surface area contributed by atoms with Crippen molar-refractivity contribution in [1.82, 2.24) is 0 Å². The van der Waals surface area contributed by atoms with Gasteiger partial charge in [0.25, 0.3) is 0 Å². The molecule has 0 amide bonds. The molecule has 1 aromatic carbocycles. The minimum Gasteiger partial charge on any atom is -0.387 e. The van der Waals surface area contributed by atoms with Gasteiger partial charge in [0, 0.05) is 13.0 Å². The summed E-state index contributed by atoms with van der Waals surface area (Å²) >= 11 is 0. The Hall–Kier alpha value is -0.860. The molecule has 1 fully saturated rings. The van der Waals surface area contributed by atoms with E-state index in [1.165, 1.54) is 12.0 Å². The van der Waals surface area contributed by atoms with Gasteiger partial charge < -0.3 is 9.84 Å². The first-order valence-electron chi connectivity index (χ1n) is 6.02. The van der Waals surface area contributed by atoms with E-state index < -0.39 is 5.60 Å². The number of hydrogen-bond acceptors (Lipinski definition) is 2. The maximum atomic E-state index is 10.7. The van der Waals surface area contributed by atoms with Crippen molar-refractivity contribution < 1.29 is 9.84 Å². The molecular weight excluding hydrogens is 200 g/mol. The number of benzene rings is 1. The lowest BCUT2D eigenvalue weighted by molar-refractivity contribution is -0.0715. The maximum absolute atomic E-state index is 10.7. The summed E-state index contributed by atoms with van der Waals surface area (Å²) in [6.45, 7) is 0.437. The van der Waals surface area contributed by atoms with Gasteiger partial charge in [-0.3, -0.25) is 0 Å². The highest BCUT2D eigenvalue weighted by Crippen LogP contribution is 2.40. The van der Waals surface area contributed by atoms with Gasteiger partial charge in [-0.2, -0.15) is 0 Å². The van der Waals surface area contributed by atoms with E-state index in [1.54, 1.807) is 7.11 Å². The summed E-state index contributed by atoms with van der Waals surface area (Å²) < 4.78 is 5.19. The second-order valence-electron chi connectivity index (χ2n) is 4.75. The van der Waals surface area contributed by atoms with Gasteiger partial charge in [0.05, 0.1) is 12.2 Å². The first kappa shape index (κ1) is 11.6. The normalized spacial score (nSPS) is 30.2. The van der Waals surface area contributed by atoms with Crippen LogP contribution < -0.4 is 0 Å². The fraction of sp³-hybridized carbons (Fsp3) is 0.571. The Labute approximate surface area is 97.3 Å². The highest BCUT2D eigenvalue weighted by molar-refractivity contribution is 5.23. The van der Waals surface area contributed by atoms with Crippen LogP contribution in [-0.4, -0.2) is 24.4 Å². The third kappa shape index (κ3) is 2.28. The number of rotatable bonds is 3. The zero-order chi connectivity index (χ0) is 11.4. The third-order valence-corrected chi connectivity index (χ3v) is 3.60. The molecule has 0 bridgehead atoms. The minimum absolute atomic E-state index is 0.224. The number of ether oxygens (including phenoxy) is 1. The SMILES string of the molecule is COCC1(O)CCCCC1c1ccccc1. The van der Waals surface area contributed by atoms with Crippen molar-refractivity contribution >= 4 is 0 Å². The van der Waals surface area contributed by atoms with Crippen molar-refractivity contribution in [3.8, 4) is 0 Å². The van der Waals surface area contributed by atoms with Crippen molar-refractivity contribution in [2.45, 2.75) is 37.2 Å². The summed E-state index contributed by atoms with van der Waals surface area (Å²) in [5.41, 5.74) is 0.565. The van der Waals surface area contributed by atoms with Gasteiger partial charge in [0.2, 0.25) is 0 Å². The van der Waals surface area contributed by atoms with Crippen molar-refractivity contribution in [2.75, 3.05) is 13.7 Å². The van der Waals surface area contributed by atoms with Crippen LogP contribution in [-0.2, 0) is 4.74 Å². The molecule has 1 N–H and O–H groups in total. The standard InChI is InChI=1S/C14H20O2/c1-16-11-14(15)10-6-5-9-13(14)12-7-3-2-4-8-12/h2-4,7-8,13,15H,5-6,9-11H2,1H3. The van der Waals surface area contributed by atoms with Crippen LogP contribution in [0.3, 0.4) is 0 Å². The van der Waals surface area contributed by atoms with Crippen molar-refractivity contribution in [3.63, 3.8) is 0 Å². The van der Waals surface area contributed by atoms with E-state index in [9.17, 15) is 5.11 Å². The van der Waals surface area contributed by atoms with Gasteiger partial charge in [0.1, 0.15) is 0 Å². The van der Waals surface area contributed by atoms with Crippen LogP contribution in [0.1, 0.15) is 37.2 Å². The van der Waals surface area contributed by atoms with Crippen molar-refractivity contribution in [3.05, 3.63) is 35.9 Å². The lowest BCUT2D eigenvalue weighted by Crippen LogP contribution is -2.43. The average molecular weight is 220 g/mol. The molecule has 0 radical (unpaired) electrons. The van der Waals surface area contributed by atoms with Crippen LogP contribution in [0, 0.1) is 0 Å². The van der Waals surface area contributed by atoms with Crippen LogP contribution in [0.15, 0.2) is 30.3 Å². The Morgan fingerprint density at radius 3 is 2.75 bits per heavy atom. The van der Waals surface area contributed by atoms with E-state index in [0.717, 1.165) is 19.3 Å². The highest BCUT2D eigenvalue weighted by atomic mass is 16.5. The van der Waals surface area contributed by atoms with Crippen molar-refractivity contribution in [1.29, 1.82) is 0 Å². The Bertz CT molecular complexity index is 319. The zero-order valence-electron chi connectivity index (χ0n) is 9.86. The smallest absolute Gasteiger partial charge is 0.0948 e. The second kappa shape index (κ2) is 4.98. The van der Waals surface area contributed by atoms with E-state index in [1.807, 2.05) is 18.2 Å². The van der Waals surface area contributed by atoms with Crippen LogP contribution in [0.25, 0.3) is 0 Å². The molecule has 2 rings (SSSR count). The second-order valence-corrected chi connectivity index (χ2v) is 4.75. The molecule has 16 heavy (non-hydrogen) atoms. The van der Waals surface area contributed by atoms with Gasteiger partial charge >= 0.3 is 0 Å². The quantitative estimate of drug-likeness (QED) is 0.848. The van der Waals surface area contributed by atoms with Crippen molar-refractivity contribution in [2.24, 2.45) is 0 Å². The molecule has 0 heterocycles. The summed E-state index contributed by atoms with van der Waals surface area (Å²) in [4.78, 5) is 0. The molecule has 2 heteroatoms. The molecule has 0 spiro atoms. The minimum atomic E-state index is -0.672. The molecule has 1 aromatic rings. The molecule has 0 aromatic heterocycles. The molecule has 0 saturated heterocycles. The van der Waals surface area contributed by atoms with E-state index in [4.69, 9.17) is 4.74 Å². The first-order chi connectivity index (χ1) is 7.76. The molecule has 2 atom stereocenters. The van der Waals surface area contributed by atoms with E-state index in [0.29, 0.717) is 6.61 Å². The molecule has 2 unspecified atom stereocenters. The molecule has 1 saturated carbocycles. The molecule has 1 aliphatic carbocycles. The van der Waals surface area contributed by atoms with Gasteiger partial charge in [-0.1, -0.05) is 43.2 Å².